The zero-order valence-electron chi connectivity index (χ0n) is 16.2. The summed E-state index contributed by atoms with van der Waals surface area (Å²) in [5.41, 5.74) is 4.60. The van der Waals surface area contributed by atoms with Crippen LogP contribution in [0.15, 0.2) is 49.3 Å². The van der Waals surface area contributed by atoms with Crippen molar-refractivity contribution in [2.45, 2.75) is 33.2 Å². The fourth-order valence-corrected chi connectivity index (χ4v) is 3.24. The number of anilines is 1. The summed E-state index contributed by atoms with van der Waals surface area (Å²) in [7, 11) is 0. The summed E-state index contributed by atoms with van der Waals surface area (Å²) in [6, 6.07) is 9.86. The van der Waals surface area contributed by atoms with E-state index in [0.29, 0.717) is 6.54 Å². The molecule has 0 unspecified atom stereocenters. The minimum atomic E-state index is 0.125. The maximum absolute atomic E-state index is 13.1. The molecule has 0 atom stereocenters. The van der Waals surface area contributed by atoms with E-state index in [0.717, 1.165) is 46.9 Å². The minimum Gasteiger partial charge on any atom is -0.308 e. The van der Waals surface area contributed by atoms with Gasteiger partial charge in [0.2, 0.25) is 5.91 Å². The van der Waals surface area contributed by atoms with Crippen molar-refractivity contribution < 1.29 is 4.79 Å². The van der Waals surface area contributed by atoms with E-state index in [1.165, 1.54) is 0 Å². The highest BCUT2D eigenvalue weighted by Gasteiger charge is 2.34. The van der Waals surface area contributed by atoms with Crippen LogP contribution in [0.1, 0.15) is 29.9 Å². The molecular weight excluding hydrogens is 350 g/mol. The average Bonchev–Trinajstić information content (AvgIpc) is 3.49. The van der Waals surface area contributed by atoms with Crippen LogP contribution in [0.5, 0.6) is 0 Å². The van der Waals surface area contributed by atoms with Gasteiger partial charge in [-0.1, -0.05) is 18.7 Å². The molecule has 0 saturated heterocycles. The Labute approximate surface area is 164 Å². The minimum absolute atomic E-state index is 0.125. The molecule has 0 aliphatic heterocycles. The van der Waals surface area contributed by atoms with Crippen LogP contribution in [0.3, 0.4) is 0 Å². The van der Waals surface area contributed by atoms with Gasteiger partial charge in [0, 0.05) is 41.3 Å². The topological polar surface area (TPSA) is 63.9 Å². The molecule has 142 valence electrons. The lowest BCUT2D eigenvalue weighted by Gasteiger charge is -2.23. The van der Waals surface area contributed by atoms with Crippen LogP contribution in [0.4, 0.5) is 5.69 Å². The fourth-order valence-electron chi connectivity index (χ4n) is 3.24. The highest BCUT2D eigenvalue weighted by molar-refractivity contribution is 5.96. The molecule has 1 saturated carbocycles. The highest BCUT2D eigenvalue weighted by atomic mass is 16.2. The van der Waals surface area contributed by atoms with Crippen molar-refractivity contribution >= 4 is 17.8 Å². The third-order valence-corrected chi connectivity index (χ3v) is 4.96. The summed E-state index contributed by atoms with van der Waals surface area (Å²) in [5, 5.41) is 4.41. The standard InChI is InChI=1S/C22H23N5O/c1-4-26-13-19(15(2)25-26)14-27(22(28)17-8-9-17)20-7-5-6-18(12-20)21-10-11-23-16(3)24-21/h4-7,10-13,17H,1,8-9,14H2,2-3H3. The van der Waals surface area contributed by atoms with Crippen LogP contribution in [0.25, 0.3) is 17.5 Å². The molecule has 6 heteroatoms. The normalized spacial score (nSPS) is 13.4. The highest BCUT2D eigenvalue weighted by Crippen LogP contribution is 2.34. The monoisotopic (exact) mass is 373 g/mol. The van der Waals surface area contributed by atoms with Gasteiger partial charge in [-0.15, -0.1) is 0 Å². The molecule has 3 aromatic rings. The number of aryl methyl sites for hydroxylation is 2. The Morgan fingerprint density at radius 1 is 1.32 bits per heavy atom. The van der Waals surface area contributed by atoms with Gasteiger partial charge in [0.05, 0.1) is 17.9 Å². The number of carbonyl (C=O) groups is 1. The molecule has 1 aliphatic rings. The Hall–Kier alpha value is -3.28. The molecule has 0 radical (unpaired) electrons. The number of benzene rings is 1. The zero-order chi connectivity index (χ0) is 19.7. The van der Waals surface area contributed by atoms with Gasteiger partial charge in [0.25, 0.3) is 0 Å². The smallest absolute Gasteiger partial charge is 0.230 e. The molecule has 0 bridgehead atoms. The summed E-state index contributed by atoms with van der Waals surface area (Å²) >= 11 is 0. The second-order valence-electron chi connectivity index (χ2n) is 7.14. The lowest BCUT2D eigenvalue weighted by Crippen LogP contribution is -2.31. The number of amides is 1. The molecule has 1 amide bonds. The number of hydrogen-bond donors (Lipinski definition) is 0. The van der Waals surface area contributed by atoms with Crippen molar-refractivity contribution in [2.24, 2.45) is 5.92 Å². The number of aromatic nitrogens is 4. The predicted molar refractivity (Wildman–Crippen MR) is 109 cm³/mol. The van der Waals surface area contributed by atoms with Gasteiger partial charge < -0.3 is 4.90 Å². The third-order valence-electron chi connectivity index (χ3n) is 4.96. The van der Waals surface area contributed by atoms with Crippen LogP contribution >= 0.6 is 0 Å². The van der Waals surface area contributed by atoms with E-state index < -0.39 is 0 Å². The zero-order valence-corrected chi connectivity index (χ0v) is 16.2. The molecule has 1 aliphatic carbocycles. The van der Waals surface area contributed by atoms with Gasteiger partial charge in [0.1, 0.15) is 5.82 Å². The first-order chi connectivity index (χ1) is 13.5. The quantitative estimate of drug-likeness (QED) is 0.655. The van der Waals surface area contributed by atoms with Crippen molar-refractivity contribution in [1.29, 1.82) is 0 Å². The lowest BCUT2D eigenvalue weighted by molar-refractivity contribution is -0.119. The molecule has 1 fully saturated rings. The Morgan fingerprint density at radius 2 is 2.14 bits per heavy atom. The molecule has 1 aromatic carbocycles. The molecule has 0 N–H and O–H groups in total. The van der Waals surface area contributed by atoms with E-state index in [1.807, 2.05) is 55.3 Å². The Kier molecular flexibility index (Phi) is 4.77. The van der Waals surface area contributed by atoms with Crippen molar-refractivity contribution in [1.82, 2.24) is 19.7 Å². The predicted octanol–water partition coefficient (Wildman–Crippen LogP) is 4.00. The average molecular weight is 373 g/mol. The lowest BCUT2D eigenvalue weighted by atomic mass is 10.1. The first kappa shape index (κ1) is 18.1. The first-order valence-electron chi connectivity index (χ1n) is 9.44. The van der Waals surface area contributed by atoms with E-state index >= 15 is 0 Å². The third kappa shape index (κ3) is 3.71. The van der Waals surface area contributed by atoms with Gasteiger partial charge in [-0.2, -0.15) is 5.10 Å². The van der Waals surface area contributed by atoms with Crippen molar-refractivity contribution in [3.05, 3.63) is 66.4 Å². The van der Waals surface area contributed by atoms with Crippen molar-refractivity contribution in [3.63, 3.8) is 0 Å². The maximum atomic E-state index is 13.1. The van der Waals surface area contributed by atoms with Gasteiger partial charge in [-0.05, 0) is 44.9 Å². The number of rotatable bonds is 6. The Morgan fingerprint density at radius 3 is 2.82 bits per heavy atom. The van der Waals surface area contributed by atoms with Crippen LogP contribution < -0.4 is 4.90 Å². The summed E-state index contributed by atoms with van der Waals surface area (Å²) in [4.78, 5) is 23.6. The molecular formula is C22H23N5O. The number of nitrogens with zero attached hydrogens (tertiary/aromatic N) is 5. The number of hydrogen-bond acceptors (Lipinski definition) is 4. The van der Waals surface area contributed by atoms with Gasteiger partial charge >= 0.3 is 0 Å². The maximum Gasteiger partial charge on any atom is 0.230 e. The summed E-state index contributed by atoms with van der Waals surface area (Å²) in [6.45, 7) is 8.07. The van der Waals surface area contributed by atoms with E-state index in [-0.39, 0.29) is 11.8 Å². The van der Waals surface area contributed by atoms with Gasteiger partial charge in [-0.25, -0.2) is 14.6 Å². The van der Waals surface area contributed by atoms with Crippen LogP contribution in [-0.2, 0) is 11.3 Å². The molecule has 2 heterocycles. The summed E-state index contributed by atoms with van der Waals surface area (Å²) in [6.07, 6.45) is 7.26. The van der Waals surface area contributed by atoms with E-state index in [4.69, 9.17) is 0 Å². The second kappa shape index (κ2) is 7.38. The SMILES string of the molecule is C=Cn1cc(CN(C(=O)C2CC2)c2cccc(-c3ccnc(C)n3)c2)c(C)n1. The Bertz CT molecular complexity index is 1030. The van der Waals surface area contributed by atoms with Crippen LogP contribution in [-0.4, -0.2) is 25.7 Å². The first-order valence-corrected chi connectivity index (χ1v) is 9.44. The largest absolute Gasteiger partial charge is 0.308 e. The van der Waals surface area contributed by atoms with Crippen LogP contribution in [0, 0.1) is 19.8 Å². The van der Waals surface area contributed by atoms with Crippen molar-refractivity contribution in [2.75, 3.05) is 4.90 Å². The second-order valence-corrected chi connectivity index (χ2v) is 7.14. The summed E-state index contributed by atoms with van der Waals surface area (Å²) in [5.74, 6) is 1.02. The molecule has 4 rings (SSSR count). The van der Waals surface area contributed by atoms with E-state index in [1.54, 1.807) is 17.1 Å². The van der Waals surface area contributed by atoms with Gasteiger partial charge in [0.15, 0.2) is 0 Å². The van der Waals surface area contributed by atoms with Crippen LogP contribution in [0.2, 0.25) is 0 Å². The van der Waals surface area contributed by atoms with Gasteiger partial charge in [-0.3, -0.25) is 4.79 Å². The Balaban J connectivity index is 1.70. The number of carbonyl (C=O) groups excluding carboxylic acids is 1. The van der Waals surface area contributed by atoms with E-state index in [2.05, 4.69) is 21.6 Å². The fraction of sp³-hybridized carbons (Fsp3) is 0.273. The van der Waals surface area contributed by atoms with Crippen molar-refractivity contribution in [3.8, 4) is 11.3 Å². The molecule has 0 spiro atoms. The summed E-state index contributed by atoms with van der Waals surface area (Å²) < 4.78 is 1.69. The molecule has 2 aromatic heterocycles. The van der Waals surface area contributed by atoms with E-state index in [9.17, 15) is 4.79 Å². The molecule has 28 heavy (non-hydrogen) atoms. The molecule has 6 nitrogen and oxygen atoms in total.